The largest absolute Gasteiger partial charge is 0.367 e. The molecule has 0 aliphatic heterocycles. The van der Waals surface area contributed by atoms with Gasteiger partial charge in [-0.2, -0.15) is 0 Å². The van der Waals surface area contributed by atoms with Gasteiger partial charge in [-0.05, 0) is 37.5 Å². The molecule has 116 valence electrons. The second kappa shape index (κ2) is 6.63. The number of methoxy groups -OCH3 is 1. The average molecular weight is 315 g/mol. The van der Waals surface area contributed by atoms with Gasteiger partial charge in [-0.15, -0.1) is 11.3 Å². The number of ether oxygens (including phenoxy) is 1. The van der Waals surface area contributed by atoms with Crippen molar-refractivity contribution in [3.63, 3.8) is 0 Å². The quantitative estimate of drug-likeness (QED) is 0.808. The first-order valence-corrected chi connectivity index (χ1v) is 8.44. The van der Waals surface area contributed by atoms with Gasteiger partial charge in [-0.25, -0.2) is 0 Å². The van der Waals surface area contributed by atoms with Crippen LogP contribution in [0.2, 0.25) is 0 Å². The molecule has 1 atom stereocenters. The summed E-state index contributed by atoms with van der Waals surface area (Å²) in [4.78, 5) is 17.5. The zero-order valence-corrected chi connectivity index (χ0v) is 13.8. The third-order valence-electron chi connectivity index (χ3n) is 3.96. The highest BCUT2D eigenvalue weighted by Crippen LogP contribution is 2.33. The van der Waals surface area contributed by atoms with Crippen LogP contribution in [0.4, 0.5) is 0 Å². The summed E-state index contributed by atoms with van der Waals surface area (Å²) in [5.74, 6) is 0.0715. The molecule has 1 aromatic heterocycles. The Morgan fingerprint density at radius 1 is 1.27 bits per heavy atom. The molecule has 0 saturated heterocycles. The van der Waals surface area contributed by atoms with Crippen molar-refractivity contribution < 1.29 is 9.53 Å². The molecule has 0 radical (unpaired) electrons. The maximum Gasteiger partial charge on any atom is 0.256 e. The van der Waals surface area contributed by atoms with Crippen molar-refractivity contribution in [2.75, 3.05) is 7.11 Å². The van der Waals surface area contributed by atoms with E-state index in [1.54, 1.807) is 18.4 Å². The van der Waals surface area contributed by atoms with Crippen molar-refractivity contribution in [3.8, 4) is 0 Å². The van der Waals surface area contributed by atoms with Crippen molar-refractivity contribution in [2.45, 2.75) is 38.5 Å². The maximum absolute atomic E-state index is 13.0. The van der Waals surface area contributed by atoms with Gasteiger partial charge in [0.2, 0.25) is 0 Å². The molecule has 2 aromatic rings. The second-order valence-corrected chi connectivity index (χ2v) is 7.11. The number of carbonyl (C=O) groups is 1. The van der Waals surface area contributed by atoms with Gasteiger partial charge >= 0.3 is 0 Å². The first kappa shape index (κ1) is 15.3. The Hall–Kier alpha value is -1.65. The normalized spacial score (nSPS) is 15.5. The third-order valence-corrected chi connectivity index (χ3v) is 4.94. The summed E-state index contributed by atoms with van der Waals surface area (Å²) < 4.78 is 5.51. The molecule has 4 heteroatoms. The van der Waals surface area contributed by atoms with Gasteiger partial charge in [0, 0.05) is 22.9 Å². The highest BCUT2D eigenvalue weighted by molar-refractivity contribution is 7.11. The fraction of sp³-hybridized carbons (Fsp3) is 0.389. The lowest BCUT2D eigenvalue weighted by molar-refractivity contribution is -0.143. The minimum Gasteiger partial charge on any atom is -0.367 e. The number of amides is 1. The van der Waals surface area contributed by atoms with E-state index in [0.717, 1.165) is 18.4 Å². The Bertz CT molecular complexity index is 634. The number of carbonyl (C=O) groups excluding carboxylic acids is 1. The lowest BCUT2D eigenvalue weighted by Gasteiger charge is -2.26. The van der Waals surface area contributed by atoms with Crippen LogP contribution in [-0.2, 0) is 16.1 Å². The van der Waals surface area contributed by atoms with Crippen LogP contribution >= 0.6 is 11.3 Å². The van der Waals surface area contributed by atoms with E-state index in [9.17, 15) is 4.79 Å². The van der Waals surface area contributed by atoms with E-state index in [1.807, 2.05) is 35.2 Å². The summed E-state index contributed by atoms with van der Waals surface area (Å²) in [5.41, 5.74) is 0.919. The number of hydrogen-bond acceptors (Lipinski definition) is 3. The zero-order chi connectivity index (χ0) is 15.5. The van der Waals surface area contributed by atoms with Gasteiger partial charge < -0.3 is 9.64 Å². The number of thiophene rings is 1. The summed E-state index contributed by atoms with van der Waals surface area (Å²) in [6.45, 7) is 2.79. The van der Waals surface area contributed by atoms with Crippen molar-refractivity contribution in [3.05, 3.63) is 57.8 Å². The first-order chi connectivity index (χ1) is 10.7. The van der Waals surface area contributed by atoms with Crippen molar-refractivity contribution in [2.24, 2.45) is 0 Å². The Kier molecular flexibility index (Phi) is 4.60. The Morgan fingerprint density at radius 2 is 2.00 bits per heavy atom. The number of nitrogens with zero attached hydrogens (tertiary/aromatic N) is 1. The molecule has 1 fully saturated rings. The zero-order valence-electron chi connectivity index (χ0n) is 13.0. The van der Waals surface area contributed by atoms with Crippen LogP contribution < -0.4 is 0 Å². The number of hydrogen-bond donors (Lipinski definition) is 0. The molecule has 3 nitrogen and oxygen atoms in total. The Balaban J connectivity index is 1.79. The highest BCUT2D eigenvalue weighted by atomic mass is 32.1. The average Bonchev–Trinajstić information content (AvgIpc) is 3.29. The second-order valence-electron chi connectivity index (χ2n) is 5.74. The number of benzene rings is 1. The highest BCUT2D eigenvalue weighted by Gasteiger charge is 2.36. The summed E-state index contributed by atoms with van der Waals surface area (Å²) in [5, 5.41) is 0. The van der Waals surface area contributed by atoms with Crippen LogP contribution in [0.1, 0.15) is 34.3 Å². The molecule has 3 rings (SSSR count). The van der Waals surface area contributed by atoms with Crippen molar-refractivity contribution in [1.29, 1.82) is 0 Å². The van der Waals surface area contributed by atoms with Crippen LogP contribution in [0.25, 0.3) is 0 Å². The molecule has 1 saturated carbocycles. The van der Waals surface area contributed by atoms with Crippen LogP contribution in [0.15, 0.2) is 42.5 Å². The Morgan fingerprint density at radius 3 is 2.55 bits per heavy atom. The minimum absolute atomic E-state index is 0.0715. The molecule has 1 aliphatic rings. The minimum atomic E-state index is -0.511. The van der Waals surface area contributed by atoms with Gasteiger partial charge in [-0.3, -0.25) is 4.79 Å². The maximum atomic E-state index is 13.0. The van der Waals surface area contributed by atoms with Crippen LogP contribution in [0.5, 0.6) is 0 Å². The molecular weight excluding hydrogens is 294 g/mol. The SMILES string of the molecule is CO[C@@H](C(=O)N(Cc1ccc(C)s1)C1CC1)c1ccccc1. The fourth-order valence-electron chi connectivity index (χ4n) is 2.67. The van der Waals surface area contributed by atoms with E-state index in [0.29, 0.717) is 12.6 Å². The van der Waals surface area contributed by atoms with Gasteiger partial charge in [0.15, 0.2) is 6.10 Å². The summed E-state index contributed by atoms with van der Waals surface area (Å²) in [6, 6.07) is 14.3. The first-order valence-electron chi connectivity index (χ1n) is 7.62. The van der Waals surface area contributed by atoms with Crippen LogP contribution in [0, 0.1) is 6.92 Å². The van der Waals surface area contributed by atoms with Gasteiger partial charge in [0.1, 0.15) is 0 Å². The molecule has 0 bridgehead atoms. The monoisotopic (exact) mass is 315 g/mol. The predicted molar refractivity (Wildman–Crippen MR) is 88.8 cm³/mol. The van der Waals surface area contributed by atoms with E-state index in [1.165, 1.54) is 9.75 Å². The molecule has 0 spiro atoms. The smallest absolute Gasteiger partial charge is 0.256 e. The lowest BCUT2D eigenvalue weighted by Crippen LogP contribution is -2.37. The molecular formula is C18H21NO2S. The summed E-state index contributed by atoms with van der Waals surface area (Å²) in [6.07, 6.45) is 1.69. The lowest BCUT2D eigenvalue weighted by atomic mass is 10.1. The van der Waals surface area contributed by atoms with Crippen LogP contribution in [0.3, 0.4) is 0 Å². The van der Waals surface area contributed by atoms with Gasteiger partial charge in [0.25, 0.3) is 5.91 Å². The molecule has 22 heavy (non-hydrogen) atoms. The molecule has 1 heterocycles. The predicted octanol–water partition coefficient (Wildman–Crippen LogP) is 3.94. The van der Waals surface area contributed by atoms with Crippen molar-refractivity contribution >= 4 is 17.2 Å². The van der Waals surface area contributed by atoms with E-state index in [4.69, 9.17) is 4.74 Å². The van der Waals surface area contributed by atoms with E-state index >= 15 is 0 Å². The third kappa shape index (κ3) is 3.39. The molecule has 1 amide bonds. The van der Waals surface area contributed by atoms with Crippen molar-refractivity contribution in [1.82, 2.24) is 4.90 Å². The molecule has 1 aliphatic carbocycles. The van der Waals surface area contributed by atoms with E-state index < -0.39 is 6.10 Å². The summed E-state index contributed by atoms with van der Waals surface area (Å²) >= 11 is 1.76. The van der Waals surface area contributed by atoms with E-state index in [2.05, 4.69) is 19.1 Å². The van der Waals surface area contributed by atoms with Gasteiger partial charge in [0.05, 0.1) is 6.54 Å². The number of rotatable bonds is 6. The fourth-order valence-corrected chi connectivity index (χ4v) is 3.56. The Labute approximate surface area is 135 Å². The topological polar surface area (TPSA) is 29.5 Å². The van der Waals surface area contributed by atoms with Gasteiger partial charge in [-0.1, -0.05) is 30.3 Å². The standard InChI is InChI=1S/C18H21NO2S/c1-13-8-11-16(22-13)12-19(15-9-10-15)18(20)17(21-2)14-6-4-3-5-7-14/h3-8,11,15,17H,9-10,12H2,1-2H3/t17-/m1/s1. The molecule has 0 unspecified atom stereocenters. The summed E-state index contributed by atoms with van der Waals surface area (Å²) in [7, 11) is 1.61. The molecule has 0 N–H and O–H groups in total. The molecule has 1 aromatic carbocycles. The van der Waals surface area contributed by atoms with Crippen LogP contribution in [-0.4, -0.2) is 24.0 Å². The van der Waals surface area contributed by atoms with E-state index in [-0.39, 0.29) is 5.91 Å². The number of aryl methyl sites for hydroxylation is 1.